The van der Waals surface area contributed by atoms with Gasteiger partial charge in [-0.05, 0) is 54.9 Å². The molecule has 3 atom stereocenters. The Morgan fingerprint density at radius 1 is 1.19 bits per heavy atom. The van der Waals surface area contributed by atoms with Gasteiger partial charge in [-0.15, -0.1) is 0 Å². The van der Waals surface area contributed by atoms with Crippen molar-refractivity contribution < 1.29 is 9.18 Å². The molecule has 2 heterocycles. The van der Waals surface area contributed by atoms with Gasteiger partial charge in [0.2, 0.25) is 0 Å². The van der Waals surface area contributed by atoms with E-state index in [1.165, 1.54) is 31.4 Å². The quantitative estimate of drug-likeness (QED) is 0.741. The van der Waals surface area contributed by atoms with Crippen molar-refractivity contribution in [1.29, 1.82) is 0 Å². The number of fused-ring (bicyclic) bond motifs is 3. The summed E-state index contributed by atoms with van der Waals surface area (Å²) >= 11 is 0. The zero-order valence-corrected chi connectivity index (χ0v) is 14.3. The molecule has 2 N–H and O–H groups in total. The first-order valence-electron chi connectivity index (χ1n) is 9.21. The number of benzene rings is 1. The molecule has 3 unspecified atom stereocenters. The Bertz CT molecular complexity index is 996. The fraction of sp³-hybridized carbons (Fsp3) is 0.333. The van der Waals surface area contributed by atoms with E-state index in [2.05, 4.69) is 15.3 Å². The van der Waals surface area contributed by atoms with E-state index in [0.717, 1.165) is 28.9 Å². The highest BCUT2D eigenvalue weighted by Gasteiger charge is 2.40. The number of carbonyl (C=O) groups excluding carboxylic acids is 1. The molecule has 0 saturated heterocycles. The fourth-order valence-corrected chi connectivity index (χ4v) is 4.68. The minimum Gasteiger partial charge on any atom is -0.349 e. The summed E-state index contributed by atoms with van der Waals surface area (Å²) in [6, 6.07) is 8.61. The number of amides is 1. The lowest BCUT2D eigenvalue weighted by molar-refractivity contribution is 0.0924. The molecular formula is C21H20FN3O. The van der Waals surface area contributed by atoms with Gasteiger partial charge in [0.25, 0.3) is 5.91 Å². The predicted molar refractivity (Wildman–Crippen MR) is 98.2 cm³/mol. The molecule has 1 amide bonds. The maximum Gasteiger partial charge on any atom is 0.253 e. The monoisotopic (exact) mass is 349 g/mol. The van der Waals surface area contributed by atoms with Gasteiger partial charge in [-0.3, -0.25) is 4.79 Å². The molecule has 2 aliphatic carbocycles. The maximum absolute atomic E-state index is 13.5. The molecule has 0 radical (unpaired) electrons. The van der Waals surface area contributed by atoms with Crippen molar-refractivity contribution in [2.24, 2.45) is 11.8 Å². The minimum atomic E-state index is -0.286. The van der Waals surface area contributed by atoms with Gasteiger partial charge in [0.1, 0.15) is 11.5 Å². The van der Waals surface area contributed by atoms with E-state index in [1.807, 2.05) is 12.1 Å². The van der Waals surface area contributed by atoms with E-state index >= 15 is 0 Å². The first kappa shape index (κ1) is 15.6. The second-order valence-electron chi connectivity index (χ2n) is 7.59. The minimum absolute atomic E-state index is 0.0491. The molecule has 2 fully saturated rings. The number of aromatic amines is 1. The average Bonchev–Trinajstić information content (AvgIpc) is 3.36. The zero-order chi connectivity index (χ0) is 17.7. The van der Waals surface area contributed by atoms with Gasteiger partial charge in [-0.25, -0.2) is 9.37 Å². The lowest BCUT2D eigenvalue weighted by atomic mass is 9.95. The van der Waals surface area contributed by atoms with Gasteiger partial charge >= 0.3 is 0 Å². The highest BCUT2D eigenvalue weighted by molar-refractivity contribution is 6.06. The lowest BCUT2D eigenvalue weighted by Gasteiger charge is -2.22. The molecule has 5 rings (SSSR count). The summed E-state index contributed by atoms with van der Waals surface area (Å²) < 4.78 is 13.5. The van der Waals surface area contributed by atoms with Crippen molar-refractivity contribution >= 4 is 16.9 Å². The van der Waals surface area contributed by atoms with E-state index in [1.54, 1.807) is 18.5 Å². The van der Waals surface area contributed by atoms with Gasteiger partial charge in [0.15, 0.2) is 0 Å². The van der Waals surface area contributed by atoms with E-state index in [0.29, 0.717) is 23.2 Å². The molecule has 2 saturated carbocycles. The molecule has 3 aromatic rings. The zero-order valence-electron chi connectivity index (χ0n) is 14.3. The number of rotatable bonds is 3. The van der Waals surface area contributed by atoms with Crippen LogP contribution >= 0.6 is 0 Å². The topological polar surface area (TPSA) is 57.8 Å². The third-order valence-electron chi connectivity index (χ3n) is 5.99. The molecule has 0 spiro atoms. The molecule has 4 nitrogen and oxygen atoms in total. The highest BCUT2D eigenvalue weighted by Crippen LogP contribution is 2.44. The Kier molecular flexibility index (Phi) is 3.55. The lowest BCUT2D eigenvalue weighted by Crippen LogP contribution is -2.38. The Hall–Kier alpha value is -2.69. The van der Waals surface area contributed by atoms with Crippen LogP contribution in [0, 0.1) is 17.7 Å². The number of carbonyl (C=O) groups is 1. The van der Waals surface area contributed by atoms with Crippen LogP contribution < -0.4 is 5.32 Å². The van der Waals surface area contributed by atoms with Crippen LogP contribution in [0.3, 0.4) is 0 Å². The number of nitrogens with zero attached hydrogens (tertiary/aromatic N) is 1. The molecule has 0 aliphatic heterocycles. The molecule has 2 bridgehead atoms. The summed E-state index contributed by atoms with van der Waals surface area (Å²) in [5.41, 5.74) is 2.82. The number of nitrogens with one attached hydrogen (secondary N) is 2. The number of aromatic nitrogens is 2. The van der Waals surface area contributed by atoms with Gasteiger partial charge in [0, 0.05) is 29.4 Å². The fourth-order valence-electron chi connectivity index (χ4n) is 4.68. The van der Waals surface area contributed by atoms with Crippen LogP contribution in [0.4, 0.5) is 4.39 Å². The van der Waals surface area contributed by atoms with E-state index in [-0.39, 0.29) is 11.7 Å². The summed E-state index contributed by atoms with van der Waals surface area (Å²) in [6.45, 7) is 0. The second kappa shape index (κ2) is 5.94. The first-order valence-corrected chi connectivity index (χ1v) is 9.21. The Balaban J connectivity index is 1.46. The second-order valence-corrected chi connectivity index (χ2v) is 7.59. The van der Waals surface area contributed by atoms with E-state index in [9.17, 15) is 9.18 Å². The number of hydrogen-bond donors (Lipinski definition) is 2. The predicted octanol–water partition coefficient (Wildman–Crippen LogP) is 4.29. The van der Waals surface area contributed by atoms with Crippen LogP contribution in [-0.2, 0) is 0 Å². The third kappa shape index (κ3) is 2.59. The number of H-pyrrole nitrogens is 1. The first-order chi connectivity index (χ1) is 12.7. The largest absolute Gasteiger partial charge is 0.349 e. The van der Waals surface area contributed by atoms with Gasteiger partial charge in [-0.2, -0.15) is 0 Å². The summed E-state index contributed by atoms with van der Waals surface area (Å²) in [6.07, 6.45) is 8.32. The Morgan fingerprint density at radius 3 is 2.88 bits per heavy atom. The molecule has 132 valence electrons. The van der Waals surface area contributed by atoms with Crippen LogP contribution in [0.25, 0.3) is 22.2 Å². The van der Waals surface area contributed by atoms with Crippen molar-refractivity contribution in [2.75, 3.05) is 0 Å². The van der Waals surface area contributed by atoms with Gasteiger partial charge in [-0.1, -0.05) is 18.6 Å². The Morgan fingerprint density at radius 2 is 2.12 bits per heavy atom. The van der Waals surface area contributed by atoms with Crippen molar-refractivity contribution in [1.82, 2.24) is 15.3 Å². The van der Waals surface area contributed by atoms with Crippen LogP contribution in [0.15, 0.2) is 42.7 Å². The average molecular weight is 349 g/mol. The van der Waals surface area contributed by atoms with E-state index < -0.39 is 0 Å². The van der Waals surface area contributed by atoms with Crippen LogP contribution in [0.2, 0.25) is 0 Å². The van der Waals surface area contributed by atoms with Crippen molar-refractivity contribution in [3.8, 4) is 11.1 Å². The normalized spacial score (nSPS) is 24.3. The standard InChI is InChI=1S/C21H20FN3O/c22-16-3-1-2-13(8-16)15-9-17-18(11-24-20(17)23-10-15)21(26)25-19-7-12-4-5-14(19)6-12/h1-3,8-12,14,19H,4-7H2,(H,23,24)(H,25,26). The highest BCUT2D eigenvalue weighted by atomic mass is 19.1. The molecule has 26 heavy (non-hydrogen) atoms. The number of hydrogen-bond acceptors (Lipinski definition) is 2. The number of pyridine rings is 1. The van der Waals surface area contributed by atoms with Crippen molar-refractivity contribution in [3.63, 3.8) is 0 Å². The molecule has 1 aromatic carbocycles. The van der Waals surface area contributed by atoms with Crippen LogP contribution in [0.1, 0.15) is 36.0 Å². The number of halogens is 1. The van der Waals surface area contributed by atoms with Crippen LogP contribution in [-0.4, -0.2) is 21.9 Å². The van der Waals surface area contributed by atoms with Crippen molar-refractivity contribution in [3.05, 3.63) is 54.1 Å². The summed E-state index contributed by atoms with van der Waals surface area (Å²) in [4.78, 5) is 20.3. The molecular weight excluding hydrogens is 329 g/mol. The molecule has 2 aliphatic rings. The van der Waals surface area contributed by atoms with Gasteiger partial charge in [0.05, 0.1) is 5.56 Å². The molecule has 2 aromatic heterocycles. The smallest absolute Gasteiger partial charge is 0.253 e. The van der Waals surface area contributed by atoms with Gasteiger partial charge < -0.3 is 10.3 Å². The summed E-state index contributed by atoms with van der Waals surface area (Å²) in [7, 11) is 0. The third-order valence-corrected chi connectivity index (χ3v) is 5.99. The van der Waals surface area contributed by atoms with E-state index in [4.69, 9.17) is 0 Å². The molecule has 5 heteroatoms. The van der Waals surface area contributed by atoms with Crippen molar-refractivity contribution in [2.45, 2.75) is 31.7 Å². The summed E-state index contributed by atoms with van der Waals surface area (Å²) in [5.74, 6) is 1.09. The summed E-state index contributed by atoms with van der Waals surface area (Å²) in [5, 5.41) is 4.00. The maximum atomic E-state index is 13.5. The van der Waals surface area contributed by atoms with Crippen LogP contribution in [0.5, 0.6) is 0 Å². The SMILES string of the molecule is O=C(NC1CC2CCC1C2)c1c[nH]c2ncc(-c3cccc(F)c3)cc12. The Labute approximate surface area is 150 Å².